The van der Waals surface area contributed by atoms with E-state index in [0.29, 0.717) is 43.2 Å². The average molecular weight is 404 g/mol. The standard InChI is InChI=1S/C23H24N4O3/c1-17-3-5-18(6-4-17)23(29)26-15-13-25(14-16-26)21-11-12-22(28)27(24-21)19-7-9-20(30-2)10-8-19/h3-12H,13-16H2,1-2H3. The molecule has 7 nitrogen and oxygen atoms in total. The zero-order valence-electron chi connectivity index (χ0n) is 17.1. The normalized spacial score (nSPS) is 13.9. The second-order valence-corrected chi connectivity index (χ2v) is 7.28. The van der Waals surface area contributed by atoms with Gasteiger partial charge in [-0.1, -0.05) is 17.7 Å². The number of piperazine rings is 1. The molecule has 30 heavy (non-hydrogen) atoms. The molecule has 0 unspecified atom stereocenters. The minimum atomic E-state index is -0.197. The van der Waals surface area contributed by atoms with Crippen molar-refractivity contribution in [2.75, 3.05) is 38.2 Å². The van der Waals surface area contributed by atoms with E-state index in [2.05, 4.69) is 10.00 Å². The van der Waals surface area contributed by atoms with E-state index in [9.17, 15) is 9.59 Å². The Morgan fingerprint density at radius 2 is 1.57 bits per heavy atom. The molecule has 1 aliphatic heterocycles. The molecule has 1 aliphatic rings. The Kier molecular flexibility index (Phi) is 5.52. The van der Waals surface area contributed by atoms with Crippen molar-refractivity contribution in [3.8, 4) is 11.4 Å². The van der Waals surface area contributed by atoms with Gasteiger partial charge in [-0.3, -0.25) is 9.59 Å². The molecule has 1 amide bonds. The maximum Gasteiger partial charge on any atom is 0.271 e. The Balaban J connectivity index is 1.47. The molecule has 2 heterocycles. The zero-order valence-corrected chi connectivity index (χ0v) is 17.1. The topological polar surface area (TPSA) is 67.7 Å². The summed E-state index contributed by atoms with van der Waals surface area (Å²) in [6.45, 7) is 4.54. The highest BCUT2D eigenvalue weighted by molar-refractivity contribution is 5.94. The van der Waals surface area contributed by atoms with Crippen molar-refractivity contribution in [2.24, 2.45) is 0 Å². The first-order valence-corrected chi connectivity index (χ1v) is 9.91. The molecule has 3 aromatic rings. The van der Waals surface area contributed by atoms with Crippen molar-refractivity contribution in [3.63, 3.8) is 0 Å². The number of ether oxygens (including phenoxy) is 1. The highest BCUT2D eigenvalue weighted by Gasteiger charge is 2.23. The van der Waals surface area contributed by atoms with Crippen LogP contribution in [0.15, 0.2) is 65.5 Å². The molecular weight excluding hydrogens is 380 g/mol. The molecule has 0 radical (unpaired) electrons. The van der Waals surface area contributed by atoms with Gasteiger partial charge in [0.05, 0.1) is 12.8 Å². The molecular formula is C23H24N4O3. The molecule has 1 fully saturated rings. The lowest BCUT2D eigenvalue weighted by Crippen LogP contribution is -2.49. The summed E-state index contributed by atoms with van der Waals surface area (Å²) in [5, 5.41) is 4.55. The van der Waals surface area contributed by atoms with Crippen LogP contribution in [0.2, 0.25) is 0 Å². The fourth-order valence-corrected chi connectivity index (χ4v) is 3.50. The van der Waals surface area contributed by atoms with E-state index in [0.717, 1.165) is 11.3 Å². The van der Waals surface area contributed by atoms with Gasteiger partial charge in [0.2, 0.25) is 0 Å². The molecule has 1 saturated heterocycles. The van der Waals surface area contributed by atoms with E-state index in [1.807, 2.05) is 36.1 Å². The number of amides is 1. The Morgan fingerprint density at radius 3 is 2.20 bits per heavy atom. The van der Waals surface area contributed by atoms with Crippen molar-refractivity contribution < 1.29 is 9.53 Å². The number of anilines is 1. The lowest BCUT2D eigenvalue weighted by molar-refractivity contribution is 0.0746. The van der Waals surface area contributed by atoms with Gasteiger partial charge in [-0.15, -0.1) is 5.10 Å². The minimum Gasteiger partial charge on any atom is -0.497 e. The Labute approximate surface area is 175 Å². The highest BCUT2D eigenvalue weighted by atomic mass is 16.5. The van der Waals surface area contributed by atoms with E-state index in [4.69, 9.17) is 4.74 Å². The van der Waals surface area contributed by atoms with Crippen molar-refractivity contribution in [1.82, 2.24) is 14.7 Å². The van der Waals surface area contributed by atoms with E-state index >= 15 is 0 Å². The third kappa shape index (κ3) is 4.05. The molecule has 1 aromatic heterocycles. The van der Waals surface area contributed by atoms with Crippen LogP contribution in [0.5, 0.6) is 5.75 Å². The second-order valence-electron chi connectivity index (χ2n) is 7.28. The van der Waals surface area contributed by atoms with Gasteiger partial charge in [-0.25, -0.2) is 0 Å². The van der Waals surface area contributed by atoms with Crippen LogP contribution in [0.3, 0.4) is 0 Å². The van der Waals surface area contributed by atoms with E-state index < -0.39 is 0 Å². The maximum absolute atomic E-state index is 12.7. The predicted molar refractivity (Wildman–Crippen MR) is 116 cm³/mol. The number of nitrogens with zero attached hydrogens (tertiary/aromatic N) is 4. The molecule has 154 valence electrons. The number of hydrogen-bond acceptors (Lipinski definition) is 5. The fourth-order valence-electron chi connectivity index (χ4n) is 3.50. The van der Waals surface area contributed by atoms with E-state index in [-0.39, 0.29) is 11.5 Å². The SMILES string of the molecule is COc1ccc(-n2nc(N3CCN(C(=O)c4ccc(C)cc4)CC3)ccc2=O)cc1. The van der Waals surface area contributed by atoms with Gasteiger partial charge in [0, 0.05) is 37.8 Å². The van der Waals surface area contributed by atoms with Gasteiger partial charge in [-0.05, 0) is 49.4 Å². The summed E-state index contributed by atoms with van der Waals surface area (Å²) in [6, 6.07) is 18.1. The van der Waals surface area contributed by atoms with Crippen LogP contribution in [0.25, 0.3) is 5.69 Å². The van der Waals surface area contributed by atoms with E-state index in [1.165, 1.54) is 10.7 Å². The summed E-state index contributed by atoms with van der Waals surface area (Å²) < 4.78 is 6.56. The minimum absolute atomic E-state index is 0.0470. The summed E-state index contributed by atoms with van der Waals surface area (Å²) in [5.74, 6) is 1.48. The first kappa shape index (κ1) is 19.7. The molecule has 0 atom stereocenters. The van der Waals surface area contributed by atoms with Gasteiger partial charge < -0.3 is 14.5 Å². The number of methoxy groups -OCH3 is 1. The molecule has 7 heteroatoms. The molecule has 0 saturated carbocycles. The van der Waals surface area contributed by atoms with Crippen molar-refractivity contribution in [3.05, 3.63) is 82.1 Å². The van der Waals surface area contributed by atoms with Gasteiger partial charge in [0.1, 0.15) is 11.6 Å². The van der Waals surface area contributed by atoms with Crippen molar-refractivity contribution in [2.45, 2.75) is 6.92 Å². The average Bonchev–Trinajstić information content (AvgIpc) is 2.80. The molecule has 0 bridgehead atoms. The zero-order chi connectivity index (χ0) is 21.1. The van der Waals surface area contributed by atoms with Crippen molar-refractivity contribution in [1.29, 1.82) is 0 Å². The van der Waals surface area contributed by atoms with Crippen LogP contribution in [0.4, 0.5) is 5.82 Å². The third-order valence-corrected chi connectivity index (χ3v) is 5.29. The first-order chi connectivity index (χ1) is 14.5. The van der Waals surface area contributed by atoms with Gasteiger partial charge in [0.25, 0.3) is 11.5 Å². The molecule has 4 rings (SSSR count). The Hall–Kier alpha value is -3.61. The van der Waals surface area contributed by atoms with Gasteiger partial charge >= 0.3 is 0 Å². The quantitative estimate of drug-likeness (QED) is 0.668. The highest BCUT2D eigenvalue weighted by Crippen LogP contribution is 2.17. The van der Waals surface area contributed by atoms with Crippen LogP contribution < -0.4 is 15.2 Å². The first-order valence-electron chi connectivity index (χ1n) is 9.91. The number of aryl methyl sites for hydroxylation is 1. The number of hydrogen-bond donors (Lipinski definition) is 0. The van der Waals surface area contributed by atoms with Crippen LogP contribution in [-0.4, -0.2) is 53.9 Å². The molecule has 0 aliphatic carbocycles. The van der Waals surface area contributed by atoms with Crippen molar-refractivity contribution >= 4 is 11.7 Å². The summed E-state index contributed by atoms with van der Waals surface area (Å²) in [5.41, 5.74) is 2.32. The number of benzene rings is 2. The maximum atomic E-state index is 12.7. The van der Waals surface area contributed by atoms with Crippen LogP contribution in [0.1, 0.15) is 15.9 Å². The summed E-state index contributed by atoms with van der Waals surface area (Å²) >= 11 is 0. The smallest absolute Gasteiger partial charge is 0.271 e. The third-order valence-electron chi connectivity index (χ3n) is 5.29. The molecule has 2 aromatic carbocycles. The number of carbonyl (C=O) groups is 1. The number of aromatic nitrogens is 2. The van der Waals surface area contributed by atoms with Crippen LogP contribution in [-0.2, 0) is 0 Å². The largest absolute Gasteiger partial charge is 0.497 e. The second kappa shape index (κ2) is 8.41. The molecule has 0 N–H and O–H groups in total. The van der Waals surface area contributed by atoms with E-state index in [1.54, 1.807) is 37.4 Å². The Bertz CT molecular complexity index is 1080. The lowest BCUT2D eigenvalue weighted by Gasteiger charge is -2.35. The summed E-state index contributed by atoms with van der Waals surface area (Å²) in [6.07, 6.45) is 0. The predicted octanol–water partition coefficient (Wildman–Crippen LogP) is 2.51. The number of rotatable bonds is 4. The number of carbonyl (C=O) groups excluding carboxylic acids is 1. The van der Waals surface area contributed by atoms with Crippen LogP contribution >= 0.6 is 0 Å². The Morgan fingerprint density at radius 1 is 0.900 bits per heavy atom. The monoisotopic (exact) mass is 404 g/mol. The fraction of sp³-hybridized carbons (Fsp3) is 0.261. The summed E-state index contributed by atoms with van der Waals surface area (Å²) in [7, 11) is 1.60. The van der Waals surface area contributed by atoms with Crippen LogP contribution in [0, 0.1) is 6.92 Å². The lowest BCUT2D eigenvalue weighted by atomic mass is 10.1. The molecule has 0 spiro atoms. The van der Waals surface area contributed by atoms with Gasteiger partial charge in [0.15, 0.2) is 0 Å². The van der Waals surface area contributed by atoms with Gasteiger partial charge in [-0.2, -0.15) is 4.68 Å². The summed E-state index contributed by atoms with van der Waals surface area (Å²) in [4.78, 5) is 29.0.